The van der Waals surface area contributed by atoms with Gasteiger partial charge in [-0.1, -0.05) is 28.9 Å². The van der Waals surface area contributed by atoms with E-state index in [2.05, 4.69) is 15.1 Å². The van der Waals surface area contributed by atoms with Crippen LogP contribution in [0.25, 0.3) is 23.0 Å². The van der Waals surface area contributed by atoms with Crippen LogP contribution < -0.4 is 5.73 Å². The standard InChI is InChI=1S/C12H10N4OS/c1-7-3-2-4-8(5-7)10-15-11(17-16-10)9-6-18-12(13)14-9/h2-6H,1H3,(H2,13,14). The van der Waals surface area contributed by atoms with Gasteiger partial charge in [0, 0.05) is 10.9 Å². The topological polar surface area (TPSA) is 77.8 Å². The molecule has 0 atom stereocenters. The van der Waals surface area contributed by atoms with E-state index in [1.165, 1.54) is 11.3 Å². The molecule has 0 amide bonds. The van der Waals surface area contributed by atoms with Crippen molar-refractivity contribution in [3.05, 3.63) is 35.2 Å². The zero-order valence-electron chi connectivity index (χ0n) is 9.62. The average molecular weight is 258 g/mol. The van der Waals surface area contributed by atoms with Crippen LogP contribution in [0.4, 0.5) is 5.13 Å². The maximum absolute atomic E-state index is 5.57. The van der Waals surface area contributed by atoms with Gasteiger partial charge in [0.05, 0.1) is 0 Å². The molecule has 2 heterocycles. The van der Waals surface area contributed by atoms with E-state index in [1.54, 1.807) is 5.38 Å². The summed E-state index contributed by atoms with van der Waals surface area (Å²) in [6.07, 6.45) is 0. The van der Waals surface area contributed by atoms with Crippen molar-refractivity contribution in [3.8, 4) is 23.0 Å². The Hall–Kier alpha value is -2.21. The van der Waals surface area contributed by atoms with Crippen LogP contribution in [0.5, 0.6) is 0 Å². The molecule has 2 aromatic heterocycles. The third-order valence-corrected chi connectivity index (χ3v) is 3.12. The molecular formula is C12H10N4OS. The quantitative estimate of drug-likeness (QED) is 0.764. The Bertz CT molecular complexity index is 689. The highest BCUT2D eigenvalue weighted by Gasteiger charge is 2.12. The molecule has 0 spiro atoms. The van der Waals surface area contributed by atoms with Gasteiger partial charge in [-0.05, 0) is 13.0 Å². The third kappa shape index (κ3) is 1.98. The summed E-state index contributed by atoms with van der Waals surface area (Å²) in [5.74, 6) is 0.944. The van der Waals surface area contributed by atoms with Gasteiger partial charge in [-0.15, -0.1) is 11.3 Å². The zero-order valence-corrected chi connectivity index (χ0v) is 10.4. The lowest BCUT2D eigenvalue weighted by molar-refractivity contribution is 0.431. The monoisotopic (exact) mass is 258 g/mol. The minimum Gasteiger partial charge on any atom is -0.375 e. The highest BCUT2D eigenvalue weighted by molar-refractivity contribution is 7.13. The fraction of sp³-hybridized carbons (Fsp3) is 0.0833. The van der Waals surface area contributed by atoms with Gasteiger partial charge in [0.15, 0.2) is 5.13 Å². The summed E-state index contributed by atoms with van der Waals surface area (Å²) >= 11 is 1.35. The molecule has 0 aliphatic rings. The first-order valence-electron chi connectivity index (χ1n) is 5.34. The summed E-state index contributed by atoms with van der Waals surface area (Å²) < 4.78 is 5.19. The fourth-order valence-electron chi connectivity index (χ4n) is 1.61. The van der Waals surface area contributed by atoms with Gasteiger partial charge in [-0.3, -0.25) is 0 Å². The number of hydrogen-bond donors (Lipinski definition) is 1. The van der Waals surface area contributed by atoms with Crippen molar-refractivity contribution < 1.29 is 4.52 Å². The van der Waals surface area contributed by atoms with Crippen molar-refractivity contribution in [1.29, 1.82) is 0 Å². The van der Waals surface area contributed by atoms with Gasteiger partial charge in [0.25, 0.3) is 5.89 Å². The van der Waals surface area contributed by atoms with Crippen LogP contribution in [-0.4, -0.2) is 15.1 Å². The first-order valence-corrected chi connectivity index (χ1v) is 6.22. The van der Waals surface area contributed by atoms with Crippen LogP contribution in [0.2, 0.25) is 0 Å². The molecule has 3 rings (SSSR count). The number of thiazole rings is 1. The Balaban J connectivity index is 1.99. The van der Waals surface area contributed by atoms with Crippen LogP contribution in [0.3, 0.4) is 0 Å². The molecule has 0 fully saturated rings. The van der Waals surface area contributed by atoms with Crippen LogP contribution in [-0.2, 0) is 0 Å². The van der Waals surface area contributed by atoms with E-state index in [0.717, 1.165) is 11.1 Å². The lowest BCUT2D eigenvalue weighted by Crippen LogP contribution is -1.84. The number of rotatable bonds is 2. The van der Waals surface area contributed by atoms with E-state index in [-0.39, 0.29) is 0 Å². The summed E-state index contributed by atoms with van der Waals surface area (Å²) in [5.41, 5.74) is 8.26. The molecule has 0 bridgehead atoms. The molecule has 0 aliphatic carbocycles. The summed E-state index contributed by atoms with van der Waals surface area (Å²) in [4.78, 5) is 8.42. The van der Waals surface area contributed by atoms with Crippen molar-refractivity contribution in [2.75, 3.05) is 5.73 Å². The SMILES string of the molecule is Cc1cccc(-c2noc(-c3csc(N)n3)n2)c1. The van der Waals surface area contributed by atoms with E-state index < -0.39 is 0 Å². The van der Waals surface area contributed by atoms with Gasteiger partial charge < -0.3 is 10.3 Å². The van der Waals surface area contributed by atoms with Gasteiger partial charge in [0.2, 0.25) is 5.82 Å². The summed E-state index contributed by atoms with van der Waals surface area (Å²) in [6, 6.07) is 7.92. The fourth-order valence-corrected chi connectivity index (χ4v) is 2.15. The Kier molecular flexibility index (Phi) is 2.56. The lowest BCUT2D eigenvalue weighted by Gasteiger charge is -1.94. The molecule has 1 aromatic carbocycles. The molecule has 0 radical (unpaired) electrons. The van der Waals surface area contributed by atoms with E-state index >= 15 is 0 Å². The molecule has 3 aromatic rings. The molecule has 0 aliphatic heterocycles. The maximum Gasteiger partial charge on any atom is 0.277 e. The minimum atomic E-state index is 0.388. The van der Waals surface area contributed by atoms with Crippen LogP contribution in [0, 0.1) is 6.92 Å². The van der Waals surface area contributed by atoms with E-state index in [9.17, 15) is 0 Å². The second kappa shape index (κ2) is 4.23. The largest absolute Gasteiger partial charge is 0.375 e. The zero-order chi connectivity index (χ0) is 12.5. The first kappa shape index (κ1) is 10.9. The van der Waals surface area contributed by atoms with Crippen molar-refractivity contribution in [2.24, 2.45) is 0 Å². The normalized spacial score (nSPS) is 10.7. The first-order chi connectivity index (χ1) is 8.72. The third-order valence-electron chi connectivity index (χ3n) is 2.44. The Labute approximate surface area is 107 Å². The van der Waals surface area contributed by atoms with E-state index in [1.807, 2.05) is 31.2 Å². The summed E-state index contributed by atoms with van der Waals surface area (Å²) in [5, 5.41) is 6.23. The highest BCUT2D eigenvalue weighted by atomic mass is 32.1. The van der Waals surface area contributed by atoms with Gasteiger partial charge in [0.1, 0.15) is 5.69 Å². The van der Waals surface area contributed by atoms with Crippen molar-refractivity contribution >= 4 is 16.5 Å². The Morgan fingerprint density at radius 3 is 2.89 bits per heavy atom. The van der Waals surface area contributed by atoms with Gasteiger partial charge in [-0.25, -0.2) is 4.98 Å². The van der Waals surface area contributed by atoms with Crippen molar-refractivity contribution in [1.82, 2.24) is 15.1 Å². The number of aromatic nitrogens is 3. The van der Waals surface area contributed by atoms with E-state index in [0.29, 0.717) is 22.5 Å². The molecule has 18 heavy (non-hydrogen) atoms. The predicted molar refractivity (Wildman–Crippen MR) is 70.0 cm³/mol. The van der Waals surface area contributed by atoms with Gasteiger partial charge in [-0.2, -0.15) is 4.98 Å². The number of anilines is 1. The van der Waals surface area contributed by atoms with Crippen LogP contribution in [0.15, 0.2) is 34.2 Å². The predicted octanol–water partition coefficient (Wildman–Crippen LogP) is 2.75. The number of nitrogens with zero attached hydrogens (tertiary/aromatic N) is 3. The van der Waals surface area contributed by atoms with Crippen LogP contribution in [0.1, 0.15) is 5.56 Å². The number of benzene rings is 1. The number of aryl methyl sites for hydroxylation is 1. The lowest BCUT2D eigenvalue weighted by atomic mass is 10.1. The molecular weight excluding hydrogens is 248 g/mol. The van der Waals surface area contributed by atoms with Crippen molar-refractivity contribution in [2.45, 2.75) is 6.92 Å². The van der Waals surface area contributed by atoms with Crippen molar-refractivity contribution in [3.63, 3.8) is 0 Å². The molecule has 2 N–H and O–H groups in total. The average Bonchev–Trinajstić information content (AvgIpc) is 2.97. The highest BCUT2D eigenvalue weighted by Crippen LogP contribution is 2.24. The molecule has 6 heteroatoms. The molecule has 0 saturated carbocycles. The summed E-state index contributed by atoms with van der Waals surface area (Å²) in [7, 11) is 0. The minimum absolute atomic E-state index is 0.388. The summed E-state index contributed by atoms with van der Waals surface area (Å²) in [6.45, 7) is 2.02. The second-order valence-electron chi connectivity index (χ2n) is 3.86. The Morgan fingerprint density at radius 1 is 1.28 bits per heavy atom. The number of nitrogen functional groups attached to an aromatic ring is 1. The molecule has 5 nitrogen and oxygen atoms in total. The Morgan fingerprint density at radius 2 is 2.17 bits per heavy atom. The molecule has 0 unspecified atom stereocenters. The smallest absolute Gasteiger partial charge is 0.277 e. The van der Waals surface area contributed by atoms with E-state index in [4.69, 9.17) is 10.3 Å². The van der Waals surface area contributed by atoms with Gasteiger partial charge >= 0.3 is 0 Å². The molecule has 90 valence electrons. The second-order valence-corrected chi connectivity index (χ2v) is 4.75. The van der Waals surface area contributed by atoms with Crippen LogP contribution >= 0.6 is 11.3 Å². The number of hydrogen-bond acceptors (Lipinski definition) is 6. The number of nitrogens with two attached hydrogens (primary N) is 1. The maximum atomic E-state index is 5.57. The molecule has 0 saturated heterocycles.